The van der Waals surface area contributed by atoms with E-state index in [2.05, 4.69) is 5.32 Å². The van der Waals surface area contributed by atoms with Crippen molar-refractivity contribution in [3.8, 4) is 11.5 Å². The van der Waals surface area contributed by atoms with Crippen molar-refractivity contribution in [2.45, 2.75) is 25.7 Å². The molecule has 3 aromatic rings. The van der Waals surface area contributed by atoms with E-state index < -0.39 is 28.0 Å². The Labute approximate surface area is 224 Å². The predicted octanol–water partition coefficient (Wildman–Crippen LogP) is 4.79. The molecular weight excluding hydrogens is 532 g/mol. The molecule has 38 heavy (non-hydrogen) atoms. The summed E-state index contributed by atoms with van der Waals surface area (Å²) in [4.78, 5) is 39.0. The first-order valence-electron chi connectivity index (χ1n) is 11.5. The lowest BCUT2D eigenvalue weighted by molar-refractivity contribution is -0.122. The van der Waals surface area contributed by atoms with E-state index in [1.807, 2.05) is 13.8 Å². The lowest BCUT2D eigenvalue weighted by atomic mass is 10.1. The molecule has 1 fully saturated rings. The van der Waals surface area contributed by atoms with Gasteiger partial charge in [-0.05, 0) is 68.8 Å². The molecule has 3 aromatic carbocycles. The summed E-state index contributed by atoms with van der Waals surface area (Å²) in [5.74, 6) is -1.98. The number of amides is 4. The minimum Gasteiger partial charge on any atom is -0.490 e. The Bertz CT molecular complexity index is 1560. The zero-order valence-electron chi connectivity index (χ0n) is 20.6. The molecule has 1 aliphatic heterocycles. The number of rotatable bonds is 7. The largest absolute Gasteiger partial charge is 0.490 e. The molecule has 0 radical (unpaired) electrons. The Morgan fingerprint density at radius 2 is 1.55 bits per heavy atom. The maximum atomic E-state index is 13.2. The molecule has 0 atom stereocenters. The fourth-order valence-corrected chi connectivity index (χ4v) is 4.89. The monoisotopic (exact) mass is 554 g/mol. The van der Waals surface area contributed by atoms with Crippen molar-refractivity contribution in [3.05, 3.63) is 87.9 Å². The minimum absolute atomic E-state index is 0.0160. The van der Waals surface area contributed by atoms with Gasteiger partial charge in [0, 0.05) is 0 Å². The average molecular weight is 555 g/mol. The summed E-state index contributed by atoms with van der Waals surface area (Å²) in [6.45, 7) is 5.50. The third kappa shape index (κ3) is 5.56. The topological polar surface area (TPSA) is 119 Å². The van der Waals surface area contributed by atoms with E-state index >= 15 is 0 Å². The molecule has 1 N–H and O–H groups in total. The fraction of sp³-hybridized carbons (Fsp3) is 0.148. The summed E-state index contributed by atoms with van der Waals surface area (Å²) in [6.07, 6.45) is 1.23. The first kappa shape index (κ1) is 26.9. The molecule has 1 aliphatic rings. The van der Waals surface area contributed by atoms with Crippen molar-refractivity contribution < 1.29 is 31.7 Å². The van der Waals surface area contributed by atoms with E-state index in [0.717, 1.165) is 16.0 Å². The molecule has 4 rings (SSSR count). The van der Waals surface area contributed by atoms with Crippen LogP contribution < -0.4 is 19.1 Å². The van der Waals surface area contributed by atoms with Gasteiger partial charge in [-0.25, -0.2) is 9.69 Å². The molecule has 4 amide bonds. The SMILES string of the molecule is CCOc1cc(/C=C2\C(=O)NC(=O)N(c3ccc(C)cc3)C2=O)cc(Cl)c1OS(=O)(=O)c1ccc(C)cc1. The standard InChI is InChI=1S/C27H23ClN2O7S/c1-4-36-23-15-18(14-22(28)24(23)37-38(34,35)20-11-7-17(3)8-12-20)13-21-25(31)29-27(33)30(26(21)32)19-9-5-16(2)6-10-19/h5-15H,4H2,1-3H3,(H,29,31,33)/b21-13+. The predicted molar refractivity (Wildman–Crippen MR) is 142 cm³/mol. The lowest BCUT2D eigenvalue weighted by Gasteiger charge is -2.26. The highest BCUT2D eigenvalue weighted by molar-refractivity contribution is 7.87. The number of benzene rings is 3. The number of hydrogen-bond donors (Lipinski definition) is 1. The van der Waals surface area contributed by atoms with Crippen LogP contribution in [0.5, 0.6) is 11.5 Å². The third-order valence-electron chi connectivity index (χ3n) is 5.54. The van der Waals surface area contributed by atoms with Crippen molar-refractivity contribution in [2.75, 3.05) is 11.5 Å². The zero-order valence-corrected chi connectivity index (χ0v) is 22.2. The van der Waals surface area contributed by atoms with Gasteiger partial charge in [-0.2, -0.15) is 8.42 Å². The van der Waals surface area contributed by atoms with Crippen molar-refractivity contribution >= 4 is 51.3 Å². The summed E-state index contributed by atoms with van der Waals surface area (Å²) < 4.78 is 36.6. The van der Waals surface area contributed by atoms with Crippen LogP contribution in [0.25, 0.3) is 6.08 Å². The number of barbiturate groups is 1. The highest BCUT2D eigenvalue weighted by Crippen LogP contribution is 2.39. The smallest absolute Gasteiger partial charge is 0.339 e. The number of anilines is 1. The van der Waals surface area contributed by atoms with E-state index in [0.29, 0.717) is 0 Å². The number of nitrogens with zero attached hydrogens (tertiary/aromatic N) is 1. The lowest BCUT2D eigenvalue weighted by Crippen LogP contribution is -2.54. The average Bonchev–Trinajstić information content (AvgIpc) is 2.85. The normalized spacial score (nSPS) is 15.0. The number of imide groups is 2. The summed E-state index contributed by atoms with van der Waals surface area (Å²) >= 11 is 6.39. The minimum atomic E-state index is -4.24. The third-order valence-corrected chi connectivity index (χ3v) is 7.06. The van der Waals surface area contributed by atoms with Crippen LogP contribution in [-0.4, -0.2) is 32.9 Å². The molecule has 0 spiro atoms. The van der Waals surface area contributed by atoms with Gasteiger partial charge in [0.2, 0.25) is 5.75 Å². The van der Waals surface area contributed by atoms with E-state index in [4.69, 9.17) is 20.5 Å². The van der Waals surface area contributed by atoms with Crippen LogP contribution in [0, 0.1) is 13.8 Å². The molecule has 196 valence electrons. The van der Waals surface area contributed by atoms with Crippen LogP contribution in [0.2, 0.25) is 5.02 Å². The Balaban J connectivity index is 1.72. The van der Waals surface area contributed by atoms with Crippen LogP contribution in [0.1, 0.15) is 23.6 Å². The molecular formula is C27H23ClN2O7S. The van der Waals surface area contributed by atoms with Gasteiger partial charge in [0.25, 0.3) is 11.8 Å². The summed E-state index contributed by atoms with van der Waals surface area (Å²) in [5.41, 5.74) is 2.00. The van der Waals surface area contributed by atoms with E-state index in [1.165, 1.54) is 30.3 Å². The quantitative estimate of drug-likeness (QED) is 0.253. The van der Waals surface area contributed by atoms with Gasteiger partial charge in [0.05, 0.1) is 17.3 Å². The fourth-order valence-electron chi connectivity index (χ4n) is 3.63. The maximum absolute atomic E-state index is 13.2. The Kier molecular flexibility index (Phi) is 7.56. The molecule has 1 heterocycles. The Morgan fingerprint density at radius 3 is 2.16 bits per heavy atom. The Morgan fingerprint density at radius 1 is 0.947 bits per heavy atom. The second-order valence-corrected chi connectivity index (χ2v) is 10.4. The van der Waals surface area contributed by atoms with E-state index in [1.54, 1.807) is 43.3 Å². The second kappa shape index (κ2) is 10.7. The van der Waals surface area contributed by atoms with Crippen LogP contribution in [0.15, 0.2) is 71.1 Å². The molecule has 11 heteroatoms. The molecule has 9 nitrogen and oxygen atoms in total. The van der Waals surface area contributed by atoms with Gasteiger partial charge in [0.1, 0.15) is 10.5 Å². The maximum Gasteiger partial charge on any atom is 0.339 e. The number of halogens is 1. The van der Waals surface area contributed by atoms with Crippen molar-refractivity contribution in [2.24, 2.45) is 0 Å². The number of carbonyl (C=O) groups is 3. The van der Waals surface area contributed by atoms with Crippen LogP contribution >= 0.6 is 11.6 Å². The van der Waals surface area contributed by atoms with E-state index in [9.17, 15) is 22.8 Å². The first-order valence-corrected chi connectivity index (χ1v) is 13.2. The van der Waals surface area contributed by atoms with Crippen molar-refractivity contribution in [1.29, 1.82) is 0 Å². The van der Waals surface area contributed by atoms with Crippen LogP contribution in [0.4, 0.5) is 10.5 Å². The zero-order chi connectivity index (χ0) is 27.6. The number of aryl methyl sites for hydroxylation is 2. The van der Waals surface area contributed by atoms with Crippen LogP contribution in [-0.2, 0) is 19.7 Å². The van der Waals surface area contributed by atoms with E-state index in [-0.39, 0.29) is 44.8 Å². The summed E-state index contributed by atoms with van der Waals surface area (Å²) in [7, 11) is -4.24. The highest BCUT2D eigenvalue weighted by atomic mass is 35.5. The van der Waals surface area contributed by atoms with Gasteiger partial charge in [-0.15, -0.1) is 0 Å². The second-order valence-electron chi connectivity index (χ2n) is 8.41. The number of carbonyl (C=O) groups excluding carboxylic acids is 3. The molecule has 0 aromatic heterocycles. The highest BCUT2D eigenvalue weighted by Gasteiger charge is 2.37. The first-order chi connectivity index (χ1) is 18.0. The van der Waals surface area contributed by atoms with Gasteiger partial charge >= 0.3 is 16.1 Å². The van der Waals surface area contributed by atoms with Gasteiger partial charge in [-0.3, -0.25) is 14.9 Å². The number of nitrogens with one attached hydrogen (secondary N) is 1. The number of urea groups is 1. The number of ether oxygens (including phenoxy) is 1. The van der Waals surface area contributed by atoms with Crippen molar-refractivity contribution in [1.82, 2.24) is 5.32 Å². The summed E-state index contributed by atoms with van der Waals surface area (Å²) in [6, 6.07) is 14.6. The van der Waals surface area contributed by atoms with Gasteiger partial charge < -0.3 is 8.92 Å². The van der Waals surface area contributed by atoms with Crippen LogP contribution in [0.3, 0.4) is 0 Å². The molecule has 0 bridgehead atoms. The number of hydrogen-bond acceptors (Lipinski definition) is 7. The van der Waals surface area contributed by atoms with Crippen molar-refractivity contribution in [3.63, 3.8) is 0 Å². The Hall–Kier alpha value is -4.15. The molecule has 0 aliphatic carbocycles. The molecule has 0 saturated carbocycles. The van der Waals surface area contributed by atoms with Gasteiger partial charge in [0.15, 0.2) is 5.75 Å². The molecule has 0 unspecified atom stereocenters. The summed E-state index contributed by atoms with van der Waals surface area (Å²) in [5, 5.41) is 2.02. The van der Waals surface area contributed by atoms with Gasteiger partial charge in [-0.1, -0.05) is 47.0 Å². The molecule has 1 saturated heterocycles.